The molecule has 4 atom stereocenters. The summed E-state index contributed by atoms with van der Waals surface area (Å²) < 4.78 is 0. The van der Waals surface area contributed by atoms with Crippen LogP contribution in [0.4, 0.5) is 0 Å². The van der Waals surface area contributed by atoms with E-state index in [1.807, 2.05) is 60.7 Å². The summed E-state index contributed by atoms with van der Waals surface area (Å²) in [5.41, 5.74) is 1.85. The number of ketones is 2. The zero-order valence-corrected chi connectivity index (χ0v) is 25.5. The minimum Gasteiger partial charge on any atom is -0.301 e. The van der Waals surface area contributed by atoms with E-state index in [4.69, 9.17) is 23.2 Å². The van der Waals surface area contributed by atoms with Crippen LogP contribution in [-0.4, -0.2) is 54.1 Å². The molecule has 0 N–H and O–H groups in total. The number of piperidine rings is 2. The molecule has 8 rings (SSSR count). The lowest BCUT2D eigenvalue weighted by Gasteiger charge is -2.52. The van der Waals surface area contributed by atoms with Crippen LogP contribution in [0.15, 0.2) is 90.5 Å². The van der Waals surface area contributed by atoms with Crippen molar-refractivity contribution in [3.63, 3.8) is 0 Å². The summed E-state index contributed by atoms with van der Waals surface area (Å²) in [6.45, 7) is 1.68. The van der Waals surface area contributed by atoms with Crippen LogP contribution in [0.3, 0.4) is 0 Å². The Kier molecular flexibility index (Phi) is 6.26. The molecule has 1 aliphatic carbocycles. The number of carbonyl (C=O) groups excluding carboxylic acids is 2. The predicted octanol–water partition coefficient (Wildman–Crippen LogP) is 7.77. The Balaban J connectivity index is 1.49. The molecule has 0 aromatic heterocycles. The highest BCUT2D eigenvalue weighted by molar-refractivity contribution is 6.32. The molecule has 2 spiro atoms. The van der Waals surface area contributed by atoms with Gasteiger partial charge in [0.2, 0.25) is 0 Å². The van der Waals surface area contributed by atoms with Crippen molar-refractivity contribution in [2.24, 2.45) is 5.41 Å². The van der Waals surface area contributed by atoms with Gasteiger partial charge in [-0.3, -0.25) is 14.5 Å². The Morgan fingerprint density at radius 1 is 0.837 bits per heavy atom. The first-order chi connectivity index (χ1) is 20.9. The average Bonchev–Trinajstić information content (AvgIpc) is 3.42. The summed E-state index contributed by atoms with van der Waals surface area (Å²) in [6.07, 6.45) is 4.88. The topological polar surface area (TPSA) is 40.6 Å². The van der Waals surface area contributed by atoms with Crippen molar-refractivity contribution in [2.75, 3.05) is 26.7 Å². The summed E-state index contributed by atoms with van der Waals surface area (Å²) in [5.74, 6) is -0.204. The molecular weight excluding hydrogens is 575 g/mol. The fourth-order valence-electron chi connectivity index (χ4n) is 9.22. The zero-order chi connectivity index (χ0) is 29.5. The van der Waals surface area contributed by atoms with Gasteiger partial charge in [-0.1, -0.05) is 102 Å². The zero-order valence-electron chi connectivity index (χ0n) is 24.0. The minimum atomic E-state index is -1.16. The van der Waals surface area contributed by atoms with Crippen molar-refractivity contribution in [3.8, 4) is 0 Å². The molecule has 0 saturated carbocycles. The molecule has 216 valence electrons. The van der Waals surface area contributed by atoms with E-state index in [1.54, 1.807) is 0 Å². The smallest absolute Gasteiger partial charge is 0.189 e. The summed E-state index contributed by atoms with van der Waals surface area (Å²) in [6, 6.07) is 27.8. The van der Waals surface area contributed by atoms with E-state index >= 15 is 9.59 Å². The largest absolute Gasteiger partial charge is 0.301 e. The van der Waals surface area contributed by atoms with Gasteiger partial charge in [0, 0.05) is 46.2 Å². The third-order valence-corrected chi connectivity index (χ3v) is 11.2. The van der Waals surface area contributed by atoms with Crippen LogP contribution in [-0.2, 0) is 10.3 Å². The van der Waals surface area contributed by atoms with E-state index in [9.17, 15) is 0 Å². The van der Waals surface area contributed by atoms with Gasteiger partial charge >= 0.3 is 0 Å². The first-order valence-electron chi connectivity index (χ1n) is 15.2. The summed E-state index contributed by atoms with van der Waals surface area (Å²) >= 11 is 13.7. The van der Waals surface area contributed by atoms with Crippen LogP contribution in [0.5, 0.6) is 0 Å². The van der Waals surface area contributed by atoms with Gasteiger partial charge in [0.05, 0.1) is 5.41 Å². The first kappa shape index (κ1) is 27.3. The number of halogens is 2. The van der Waals surface area contributed by atoms with Crippen LogP contribution in [0, 0.1) is 5.41 Å². The Morgan fingerprint density at radius 3 is 2.37 bits per heavy atom. The molecule has 0 bridgehead atoms. The quantitative estimate of drug-likeness (QED) is 0.218. The van der Waals surface area contributed by atoms with Crippen LogP contribution < -0.4 is 0 Å². The minimum absolute atomic E-state index is 0.0146. The van der Waals surface area contributed by atoms with Gasteiger partial charge < -0.3 is 4.90 Å². The van der Waals surface area contributed by atoms with Gasteiger partial charge in [0.15, 0.2) is 11.6 Å². The molecule has 0 amide bonds. The normalized spacial score (nSPS) is 29.8. The maximum absolute atomic E-state index is 15.7. The second kappa shape index (κ2) is 9.87. The molecule has 43 heavy (non-hydrogen) atoms. The van der Waals surface area contributed by atoms with E-state index in [-0.39, 0.29) is 23.5 Å². The molecule has 4 nitrogen and oxygen atoms in total. The van der Waals surface area contributed by atoms with Gasteiger partial charge in [-0.05, 0) is 72.1 Å². The number of fused-ring (bicyclic) bond motifs is 4. The number of hydrogen-bond acceptors (Lipinski definition) is 4. The molecule has 0 unspecified atom stereocenters. The highest BCUT2D eigenvalue weighted by Crippen LogP contribution is 2.69. The number of rotatable bonds is 2. The van der Waals surface area contributed by atoms with Crippen LogP contribution in [0.2, 0.25) is 10.0 Å². The number of nitrogens with zero attached hydrogens (tertiary/aromatic N) is 2. The van der Waals surface area contributed by atoms with Crippen molar-refractivity contribution in [3.05, 3.63) is 123 Å². The first-order valence-corrected chi connectivity index (χ1v) is 15.9. The molecule has 4 aromatic rings. The van der Waals surface area contributed by atoms with E-state index in [0.717, 1.165) is 53.3 Å². The highest BCUT2D eigenvalue weighted by atomic mass is 35.5. The van der Waals surface area contributed by atoms with Crippen molar-refractivity contribution < 1.29 is 9.59 Å². The molecular formula is C37H32Cl2N2O2. The lowest BCUT2D eigenvalue weighted by molar-refractivity contribution is -0.134. The second-order valence-electron chi connectivity index (χ2n) is 12.7. The summed E-state index contributed by atoms with van der Waals surface area (Å²) in [4.78, 5) is 35.7. The van der Waals surface area contributed by atoms with Gasteiger partial charge in [-0.15, -0.1) is 0 Å². The molecule has 3 aliphatic heterocycles. The Hall–Kier alpha value is -3.28. The Morgan fingerprint density at radius 2 is 1.58 bits per heavy atom. The van der Waals surface area contributed by atoms with Crippen molar-refractivity contribution in [1.82, 2.24) is 9.80 Å². The molecule has 3 fully saturated rings. The number of Topliss-reactive ketones (excluding diaryl/α,β-unsaturated/α-hetero) is 2. The number of likely N-dealkylation sites (N-methyl/N-ethyl adjacent to an activating group) is 1. The number of likely N-dealkylation sites (tertiary alicyclic amines) is 1. The molecule has 4 aliphatic rings. The van der Waals surface area contributed by atoms with E-state index in [1.165, 1.54) is 0 Å². The van der Waals surface area contributed by atoms with Crippen molar-refractivity contribution in [1.29, 1.82) is 0 Å². The molecule has 6 heteroatoms. The molecule has 4 aromatic carbocycles. The number of hydrogen-bond donors (Lipinski definition) is 0. The van der Waals surface area contributed by atoms with Gasteiger partial charge in [0.25, 0.3) is 0 Å². The third-order valence-electron chi connectivity index (χ3n) is 10.5. The fourth-order valence-corrected chi connectivity index (χ4v) is 9.66. The highest BCUT2D eigenvalue weighted by Gasteiger charge is 2.77. The van der Waals surface area contributed by atoms with Gasteiger partial charge in [-0.2, -0.15) is 0 Å². The third kappa shape index (κ3) is 3.52. The van der Waals surface area contributed by atoms with Crippen LogP contribution in [0.25, 0.3) is 16.8 Å². The lowest BCUT2D eigenvalue weighted by atomic mass is 9.54. The lowest BCUT2D eigenvalue weighted by Crippen LogP contribution is -2.65. The second-order valence-corrected chi connectivity index (χ2v) is 13.5. The fraction of sp³-hybridized carbons (Fsp3) is 0.297. The van der Waals surface area contributed by atoms with E-state index < -0.39 is 11.0 Å². The maximum atomic E-state index is 15.7. The summed E-state index contributed by atoms with van der Waals surface area (Å²) in [5, 5.41) is 3.26. The predicted molar refractivity (Wildman–Crippen MR) is 173 cm³/mol. The SMILES string of the molecule is CN1C/C(=C\c2ccccc2Cl)C(=O)[C@]2(C1)[C@@H](c1ccccc1Cl)[C@@H]1CCCCN1[C@@]21C(=O)c2cccc3cccc1c23. The Labute approximate surface area is 261 Å². The van der Waals surface area contributed by atoms with Gasteiger partial charge in [0.1, 0.15) is 5.54 Å². The van der Waals surface area contributed by atoms with Crippen molar-refractivity contribution >= 4 is 51.6 Å². The van der Waals surface area contributed by atoms with Crippen molar-refractivity contribution in [2.45, 2.75) is 36.8 Å². The van der Waals surface area contributed by atoms with Crippen LogP contribution in [0.1, 0.15) is 52.2 Å². The molecule has 0 radical (unpaired) electrons. The maximum Gasteiger partial charge on any atom is 0.189 e. The standard InChI is InChI=1S/C37H32Cl2N2O2/c1-40-21-25(20-24-10-2-4-16-29(24)38)34(42)36(22-40)33(26-13-3-5-17-30(26)39)31-18-6-7-19-41(31)37(36)28-15-9-12-23-11-8-14-27(32(23)28)35(37)43/h2-5,8-17,20,31,33H,6-7,18-19,21-22H2,1H3/b25-20+/t31-,33-,36-,37-/m0/s1. The molecule has 3 heterocycles. The van der Waals surface area contributed by atoms with E-state index in [0.29, 0.717) is 34.3 Å². The average molecular weight is 608 g/mol. The summed E-state index contributed by atoms with van der Waals surface area (Å²) in [7, 11) is 2.07. The number of carbonyl (C=O) groups is 2. The van der Waals surface area contributed by atoms with E-state index in [2.05, 4.69) is 47.2 Å². The monoisotopic (exact) mass is 606 g/mol. The molecule has 3 saturated heterocycles. The van der Waals surface area contributed by atoms with Gasteiger partial charge in [-0.25, -0.2) is 0 Å². The Bertz CT molecular complexity index is 1860. The number of benzene rings is 4. The van der Waals surface area contributed by atoms with Crippen LogP contribution >= 0.6 is 23.2 Å².